The fourth-order valence-corrected chi connectivity index (χ4v) is 1.94. The molecule has 0 atom stereocenters. The average molecular weight is 241 g/mol. The maximum absolute atomic E-state index is 6.16. The Morgan fingerprint density at radius 2 is 2.06 bits per heavy atom. The molecule has 1 aromatic carbocycles. The van der Waals surface area contributed by atoms with Gasteiger partial charge in [0.2, 0.25) is 0 Å². The first-order chi connectivity index (χ1) is 7.69. The molecule has 0 fully saturated rings. The molecule has 0 radical (unpaired) electrons. The van der Waals surface area contributed by atoms with Crippen molar-refractivity contribution in [1.82, 2.24) is 4.90 Å². The van der Waals surface area contributed by atoms with Gasteiger partial charge in [0, 0.05) is 22.8 Å². The van der Waals surface area contributed by atoms with E-state index >= 15 is 0 Å². The second-order valence-corrected chi connectivity index (χ2v) is 4.44. The van der Waals surface area contributed by atoms with Crippen LogP contribution in [0.15, 0.2) is 18.2 Å². The smallest absolute Gasteiger partial charge is 0.0471 e. The number of anilines is 1. The number of halogens is 1. The number of benzene rings is 1. The van der Waals surface area contributed by atoms with Crippen LogP contribution in [0.4, 0.5) is 5.69 Å². The Kier molecular flexibility index (Phi) is 5.64. The summed E-state index contributed by atoms with van der Waals surface area (Å²) in [5.74, 6) is 0. The molecule has 0 aliphatic rings. The third kappa shape index (κ3) is 3.69. The molecule has 2 nitrogen and oxygen atoms in total. The minimum atomic E-state index is 0.773. The van der Waals surface area contributed by atoms with Crippen molar-refractivity contribution >= 4 is 17.3 Å². The molecule has 16 heavy (non-hydrogen) atoms. The summed E-state index contributed by atoms with van der Waals surface area (Å²) in [7, 11) is 0. The molecule has 0 aromatic heterocycles. The molecule has 0 unspecified atom stereocenters. The first-order valence-electron chi connectivity index (χ1n) is 5.94. The molecule has 1 aromatic rings. The van der Waals surface area contributed by atoms with Gasteiger partial charge in [0.25, 0.3) is 0 Å². The molecule has 0 bridgehead atoms. The highest BCUT2D eigenvalue weighted by atomic mass is 35.5. The van der Waals surface area contributed by atoms with Crippen LogP contribution in [0, 0.1) is 0 Å². The van der Waals surface area contributed by atoms with Crippen LogP contribution in [0.2, 0.25) is 5.02 Å². The van der Waals surface area contributed by atoms with Gasteiger partial charge >= 0.3 is 0 Å². The molecular weight excluding hydrogens is 220 g/mol. The number of nitrogen functional groups attached to an aromatic ring is 1. The van der Waals surface area contributed by atoms with E-state index in [0.29, 0.717) is 0 Å². The van der Waals surface area contributed by atoms with Crippen molar-refractivity contribution in [2.75, 3.05) is 18.8 Å². The van der Waals surface area contributed by atoms with Crippen LogP contribution in [0.25, 0.3) is 0 Å². The number of nitrogens with zero attached hydrogens (tertiary/aromatic N) is 1. The number of hydrogen-bond donors (Lipinski definition) is 1. The Morgan fingerprint density at radius 3 is 2.62 bits per heavy atom. The van der Waals surface area contributed by atoms with Gasteiger partial charge in [-0.25, -0.2) is 0 Å². The summed E-state index contributed by atoms with van der Waals surface area (Å²) < 4.78 is 0. The molecule has 1 rings (SSSR count). The zero-order chi connectivity index (χ0) is 12.0. The van der Waals surface area contributed by atoms with E-state index in [1.807, 2.05) is 18.2 Å². The summed E-state index contributed by atoms with van der Waals surface area (Å²) in [4.78, 5) is 2.38. The van der Waals surface area contributed by atoms with E-state index in [2.05, 4.69) is 18.7 Å². The van der Waals surface area contributed by atoms with Crippen LogP contribution in [0.3, 0.4) is 0 Å². The lowest BCUT2D eigenvalue weighted by molar-refractivity contribution is 0.276. The first-order valence-corrected chi connectivity index (χ1v) is 6.32. The lowest BCUT2D eigenvalue weighted by Crippen LogP contribution is -2.24. The molecule has 0 spiro atoms. The fraction of sp³-hybridized carbons (Fsp3) is 0.538. The maximum Gasteiger partial charge on any atom is 0.0471 e. The zero-order valence-corrected chi connectivity index (χ0v) is 10.9. The quantitative estimate of drug-likeness (QED) is 0.771. The van der Waals surface area contributed by atoms with Crippen molar-refractivity contribution in [2.45, 2.75) is 33.2 Å². The monoisotopic (exact) mass is 240 g/mol. The lowest BCUT2D eigenvalue weighted by atomic mass is 10.1. The molecule has 0 heterocycles. The van der Waals surface area contributed by atoms with Crippen molar-refractivity contribution in [3.05, 3.63) is 28.8 Å². The van der Waals surface area contributed by atoms with Crippen LogP contribution in [-0.4, -0.2) is 18.0 Å². The molecule has 0 saturated carbocycles. The summed E-state index contributed by atoms with van der Waals surface area (Å²) in [5, 5.41) is 0.773. The summed E-state index contributed by atoms with van der Waals surface area (Å²) in [6.07, 6.45) is 2.44. The van der Waals surface area contributed by atoms with Gasteiger partial charge in [-0.3, -0.25) is 4.90 Å². The number of rotatable bonds is 6. The first kappa shape index (κ1) is 13.3. The Morgan fingerprint density at radius 1 is 1.31 bits per heavy atom. The molecule has 0 saturated heterocycles. The Bertz CT molecular complexity index is 305. The zero-order valence-electron chi connectivity index (χ0n) is 10.2. The van der Waals surface area contributed by atoms with Gasteiger partial charge < -0.3 is 5.73 Å². The Balaban J connectivity index is 2.69. The third-order valence-corrected chi connectivity index (χ3v) is 3.17. The van der Waals surface area contributed by atoms with Gasteiger partial charge in [-0.05, 0) is 31.6 Å². The molecule has 0 amide bonds. The lowest BCUT2D eigenvalue weighted by Gasteiger charge is -2.21. The standard InChI is InChI=1S/C13H21ClN2/c1-3-5-9-16(4-2)10-11-12(14)7-6-8-13(11)15/h6-8H,3-5,9-10,15H2,1-2H3. The van der Waals surface area contributed by atoms with E-state index in [0.717, 1.165) is 35.9 Å². The molecule has 0 aliphatic heterocycles. The van der Waals surface area contributed by atoms with Gasteiger partial charge in [-0.15, -0.1) is 0 Å². The van der Waals surface area contributed by atoms with Gasteiger partial charge in [-0.2, -0.15) is 0 Å². The van der Waals surface area contributed by atoms with Gasteiger partial charge in [0.05, 0.1) is 0 Å². The second kappa shape index (κ2) is 6.77. The minimum Gasteiger partial charge on any atom is -0.398 e. The van der Waals surface area contributed by atoms with Crippen molar-refractivity contribution < 1.29 is 0 Å². The highest BCUT2D eigenvalue weighted by molar-refractivity contribution is 6.31. The van der Waals surface area contributed by atoms with Crippen LogP contribution in [-0.2, 0) is 6.54 Å². The number of hydrogen-bond acceptors (Lipinski definition) is 2. The SMILES string of the molecule is CCCCN(CC)Cc1c(N)cccc1Cl. The van der Waals surface area contributed by atoms with Crippen LogP contribution < -0.4 is 5.73 Å². The second-order valence-electron chi connectivity index (χ2n) is 4.03. The summed E-state index contributed by atoms with van der Waals surface area (Å²) in [6, 6.07) is 5.71. The van der Waals surface area contributed by atoms with E-state index in [9.17, 15) is 0 Å². The fourth-order valence-electron chi connectivity index (χ4n) is 1.70. The van der Waals surface area contributed by atoms with Crippen LogP contribution in [0.5, 0.6) is 0 Å². The molecule has 90 valence electrons. The van der Waals surface area contributed by atoms with Crippen LogP contribution >= 0.6 is 11.6 Å². The van der Waals surface area contributed by atoms with E-state index in [4.69, 9.17) is 17.3 Å². The Hall–Kier alpha value is -0.730. The van der Waals surface area contributed by atoms with Gasteiger partial charge in [-0.1, -0.05) is 37.9 Å². The molecule has 3 heteroatoms. The predicted octanol–water partition coefficient (Wildman–Crippen LogP) is 3.54. The minimum absolute atomic E-state index is 0.773. The van der Waals surface area contributed by atoms with Gasteiger partial charge in [0.15, 0.2) is 0 Å². The molecular formula is C13H21ClN2. The van der Waals surface area contributed by atoms with E-state index < -0.39 is 0 Å². The predicted molar refractivity (Wildman–Crippen MR) is 71.7 cm³/mol. The van der Waals surface area contributed by atoms with Crippen molar-refractivity contribution in [3.63, 3.8) is 0 Å². The Labute approximate surface area is 103 Å². The van der Waals surface area contributed by atoms with E-state index in [-0.39, 0.29) is 0 Å². The van der Waals surface area contributed by atoms with E-state index in [1.165, 1.54) is 12.8 Å². The normalized spacial score (nSPS) is 11.0. The van der Waals surface area contributed by atoms with Crippen molar-refractivity contribution in [2.24, 2.45) is 0 Å². The average Bonchev–Trinajstić information content (AvgIpc) is 2.28. The topological polar surface area (TPSA) is 29.3 Å². The largest absolute Gasteiger partial charge is 0.398 e. The third-order valence-electron chi connectivity index (χ3n) is 2.81. The molecule has 2 N–H and O–H groups in total. The van der Waals surface area contributed by atoms with Crippen molar-refractivity contribution in [3.8, 4) is 0 Å². The summed E-state index contributed by atoms with van der Waals surface area (Å²) in [6.45, 7) is 7.37. The van der Waals surface area contributed by atoms with Crippen LogP contribution in [0.1, 0.15) is 32.3 Å². The number of nitrogens with two attached hydrogens (primary N) is 1. The number of unbranched alkanes of at least 4 members (excludes halogenated alkanes) is 1. The van der Waals surface area contributed by atoms with Gasteiger partial charge in [0.1, 0.15) is 0 Å². The van der Waals surface area contributed by atoms with Crippen molar-refractivity contribution in [1.29, 1.82) is 0 Å². The van der Waals surface area contributed by atoms with E-state index in [1.54, 1.807) is 0 Å². The molecule has 0 aliphatic carbocycles. The summed E-state index contributed by atoms with van der Waals surface area (Å²) in [5.41, 5.74) is 7.79. The maximum atomic E-state index is 6.16. The highest BCUT2D eigenvalue weighted by Gasteiger charge is 2.09. The highest BCUT2D eigenvalue weighted by Crippen LogP contribution is 2.23. The summed E-state index contributed by atoms with van der Waals surface area (Å²) >= 11 is 6.16.